The van der Waals surface area contributed by atoms with Crippen molar-refractivity contribution in [2.24, 2.45) is 0 Å². The standard InChI is InChI=1S/C19H19NO/c21-19-13-18(20-14-16-9-5-2-6-10-16)12-17(19)11-15-7-3-1-4-8-15/h1-10,12,18,20H,11,13-14H2. The van der Waals surface area contributed by atoms with Crippen LogP contribution in [0.4, 0.5) is 0 Å². The minimum absolute atomic E-state index is 0.163. The maximum atomic E-state index is 12.1. The Bertz CT molecular complexity index is 631. The third kappa shape index (κ3) is 3.67. The second-order valence-electron chi connectivity index (χ2n) is 5.45. The van der Waals surface area contributed by atoms with E-state index in [4.69, 9.17) is 0 Å². The van der Waals surface area contributed by atoms with E-state index in [0.717, 1.165) is 18.5 Å². The molecule has 0 saturated carbocycles. The van der Waals surface area contributed by atoms with Crippen molar-refractivity contribution in [1.29, 1.82) is 0 Å². The summed E-state index contributed by atoms with van der Waals surface area (Å²) in [6.45, 7) is 0.800. The summed E-state index contributed by atoms with van der Waals surface area (Å²) < 4.78 is 0. The molecule has 106 valence electrons. The number of ketones is 1. The van der Waals surface area contributed by atoms with E-state index in [1.54, 1.807) is 0 Å². The van der Waals surface area contributed by atoms with Gasteiger partial charge in [-0.3, -0.25) is 4.79 Å². The van der Waals surface area contributed by atoms with Crippen LogP contribution in [0.5, 0.6) is 0 Å². The Hall–Kier alpha value is -2.19. The van der Waals surface area contributed by atoms with Crippen LogP contribution >= 0.6 is 0 Å². The minimum atomic E-state index is 0.163. The summed E-state index contributed by atoms with van der Waals surface area (Å²) in [5.41, 5.74) is 3.38. The maximum absolute atomic E-state index is 12.1. The first-order valence-corrected chi connectivity index (χ1v) is 7.36. The number of nitrogens with one attached hydrogen (secondary N) is 1. The van der Waals surface area contributed by atoms with Gasteiger partial charge >= 0.3 is 0 Å². The number of hydrogen-bond acceptors (Lipinski definition) is 2. The van der Waals surface area contributed by atoms with Crippen LogP contribution in [0.2, 0.25) is 0 Å². The predicted molar refractivity (Wildman–Crippen MR) is 84.9 cm³/mol. The van der Waals surface area contributed by atoms with Gasteiger partial charge in [-0.15, -0.1) is 0 Å². The second-order valence-corrected chi connectivity index (χ2v) is 5.45. The zero-order valence-corrected chi connectivity index (χ0v) is 12.0. The van der Waals surface area contributed by atoms with Gasteiger partial charge in [0, 0.05) is 25.4 Å². The van der Waals surface area contributed by atoms with Crippen molar-refractivity contribution in [3.63, 3.8) is 0 Å². The Morgan fingerprint density at radius 3 is 2.19 bits per heavy atom. The molecule has 0 heterocycles. The summed E-state index contributed by atoms with van der Waals surface area (Å²) in [4.78, 5) is 12.1. The highest BCUT2D eigenvalue weighted by Crippen LogP contribution is 2.19. The molecule has 2 heteroatoms. The van der Waals surface area contributed by atoms with Gasteiger partial charge in [-0.25, -0.2) is 0 Å². The zero-order chi connectivity index (χ0) is 14.5. The number of carbonyl (C=O) groups is 1. The maximum Gasteiger partial charge on any atom is 0.160 e. The number of rotatable bonds is 5. The normalized spacial score (nSPS) is 17.8. The highest BCUT2D eigenvalue weighted by atomic mass is 16.1. The number of carbonyl (C=O) groups excluding carboxylic acids is 1. The van der Waals surface area contributed by atoms with Gasteiger partial charge in [-0.2, -0.15) is 0 Å². The van der Waals surface area contributed by atoms with E-state index >= 15 is 0 Å². The number of Topliss-reactive ketones (excluding diaryl/α,β-unsaturated/α-hetero) is 1. The molecular formula is C19H19NO. The first-order chi connectivity index (χ1) is 10.3. The molecule has 2 aromatic rings. The largest absolute Gasteiger partial charge is 0.306 e. The number of benzene rings is 2. The van der Waals surface area contributed by atoms with E-state index in [2.05, 4.69) is 35.7 Å². The highest BCUT2D eigenvalue weighted by molar-refractivity contribution is 5.98. The molecule has 2 aromatic carbocycles. The average Bonchev–Trinajstić information content (AvgIpc) is 2.87. The minimum Gasteiger partial charge on any atom is -0.306 e. The Morgan fingerprint density at radius 2 is 1.52 bits per heavy atom. The molecule has 1 atom stereocenters. The van der Waals surface area contributed by atoms with E-state index in [1.807, 2.05) is 36.4 Å². The monoisotopic (exact) mass is 277 g/mol. The van der Waals surface area contributed by atoms with Gasteiger partial charge in [0.25, 0.3) is 0 Å². The van der Waals surface area contributed by atoms with E-state index in [-0.39, 0.29) is 11.8 Å². The van der Waals surface area contributed by atoms with Crippen LogP contribution in [0.25, 0.3) is 0 Å². The fraction of sp³-hybridized carbons (Fsp3) is 0.211. The lowest BCUT2D eigenvalue weighted by Gasteiger charge is -2.09. The Kier molecular flexibility index (Phi) is 4.27. The fourth-order valence-corrected chi connectivity index (χ4v) is 2.67. The van der Waals surface area contributed by atoms with Crippen LogP contribution in [0.15, 0.2) is 72.3 Å². The molecule has 21 heavy (non-hydrogen) atoms. The summed E-state index contributed by atoms with van der Waals surface area (Å²) in [7, 11) is 0. The molecule has 2 nitrogen and oxygen atoms in total. The molecule has 0 saturated heterocycles. The number of hydrogen-bond donors (Lipinski definition) is 1. The molecule has 1 aliphatic rings. The van der Waals surface area contributed by atoms with Crippen molar-refractivity contribution < 1.29 is 4.79 Å². The third-order valence-electron chi connectivity index (χ3n) is 3.81. The van der Waals surface area contributed by atoms with Gasteiger partial charge in [-0.05, 0) is 16.7 Å². The van der Waals surface area contributed by atoms with Crippen molar-refractivity contribution in [1.82, 2.24) is 5.32 Å². The van der Waals surface area contributed by atoms with Gasteiger partial charge in [0.15, 0.2) is 5.78 Å². The molecule has 0 fully saturated rings. The van der Waals surface area contributed by atoms with Crippen LogP contribution < -0.4 is 5.32 Å². The second kappa shape index (κ2) is 6.51. The molecule has 0 aromatic heterocycles. The van der Waals surface area contributed by atoms with E-state index in [1.165, 1.54) is 11.1 Å². The lowest BCUT2D eigenvalue weighted by molar-refractivity contribution is -0.115. The summed E-state index contributed by atoms with van der Waals surface area (Å²) in [6.07, 6.45) is 3.41. The van der Waals surface area contributed by atoms with Crippen LogP contribution in [0.3, 0.4) is 0 Å². The molecule has 1 N–H and O–H groups in total. The lowest BCUT2D eigenvalue weighted by atomic mass is 10.0. The van der Waals surface area contributed by atoms with Crippen LogP contribution in [-0.4, -0.2) is 11.8 Å². The molecule has 3 rings (SSSR count). The van der Waals surface area contributed by atoms with Gasteiger partial charge in [0.2, 0.25) is 0 Å². The Balaban J connectivity index is 1.60. The molecule has 1 unspecified atom stereocenters. The quantitative estimate of drug-likeness (QED) is 0.908. The van der Waals surface area contributed by atoms with Crippen molar-refractivity contribution >= 4 is 5.78 Å². The first-order valence-electron chi connectivity index (χ1n) is 7.36. The van der Waals surface area contributed by atoms with Gasteiger partial charge < -0.3 is 5.32 Å². The molecular weight excluding hydrogens is 258 g/mol. The van der Waals surface area contributed by atoms with E-state index in [0.29, 0.717) is 6.42 Å². The van der Waals surface area contributed by atoms with Gasteiger partial charge in [-0.1, -0.05) is 66.7 Å². The third-order valence-corrected chi connectivity index (χ3v) is 3.81. The topological polar surface area (TPSA) is 29.1 Å². The van der Waals surface area contributed by atoms with Gasteiger partial charge in [0.05, 0.1) is 0 Å². The van der Waals surface area contributed by atoms with Crippen molar-refractivity contribution in [3.8, 4) is 0 Å². The molecule has 0 amide bonds. The Labute approximate surface area is 125 Å². The van der Waals surface area contributed by atoms with E-state index < -0.39 is 0 Å². The zero-order valence-electron chi connectivity index (χ0n) is 12.0. The fourth-order valence-electron chi connectivity index (χ4n) is 2.67. The van der Waals surface area contributed by atoms with Crippen LogP contribution in [0.1, 0.15) is 17.5 Å². The van der Waals surface area contributed by atoms with Crippen molar-refractivity contribution in [3.05, 3.63) is 83.4 Å². The summed E-state index contributed by atoms with van der Waals surface area (Å²) >= 11 is 0. The average molecular weight is 277 g/mol. The van der Waals surface area contributed by atoms with Crippen molar-refractivity contribution in [2.75, 3.05) is 0 Å². The molecule has 0 radical (unpaired) electrons. The Morgan fingerprint density at radius 1 is 0.905 bits per heavy atom. The molecule has 0 bridgehead atoms. The SMILES string of the molecule is O=C1CC(NCc2ccccc2)C=C1Cc1ccccc1. The molecule has 1 aliphatic carbocycles. The van der Waals surface area contributed by atoms with E-state index in [9.17, 15) is 4.79 Å². The highest BCUT2D eigenvalue weighted by Gasteiger charge is 2.23. The number of allylic oxidation sites excluding steroid dienone is 1. The van der Waals surface area contributed by atoms with Crippen LogP contribution in [-0.2, 0) is 17.8 Å². The summed E-state index contributed by atoms with van der Waals surface area (Å²) in [6, 6.07) is 20.6. The molecule has 0 spiro atoms. The van der Waals surface area contributed by atoms with Crippen molar-refractivity contribution in [2.45, 2.75) is 25.4 Å². The van der Waals surface area contributed by atoms with Gasteiger partial charge in [0.1, 0.15) is 0 Å². The predicted octanol–water partition coefficient (Wildman–Crippen LogP) is 3.29. The van der Waals surface area contributed by atoms with Crippen LogP contribution in [0, 0.1) is 0 Å². The summed E-state index contributed by atoms with van der Waals surface area (Å²) in [5, 5.41) is 3.45. The molecule has 0 aliphatic heterocycles. The smallest absolute Gasteiger partial charge is 0.160 e. The first kappa shape index (κ1) is 13.8. The lowest BCUT2D eigenvalue weighted by Crippen LogP contribution is -2.25. The summed E-state index contributed by atoms with van der Waals surface area (Å²) in [5.74, 6) is 0.268.